The van der Waals surface area contributed by atoms with Gasteiger partial charge in [0, 0.05) is 18.7 Å². The van der Waals surface area contributed by atoms with E-state index in [1.165, 1.54) is 0 Å². The Kier molecular flexibility index (Phi) is 3.93. The van der Waals surface area contributed by atoms with Crippen molar-refractivity contribution in [3.63, 3.8) is 0 Å². The minimum atomic E-state index is 0.0276. The summed E-state index contributed by atoms with van der Waals surface area (Å²) in [5, 5.41) is 2.89. The molecule has 1 rings (SSSR count). The molecular formula is C13H20N2O. The lowest BCUT2D eigenvalue weighted by Gasteiger charge is -2.17. The fourth-order valence-electron chi connectivity index (χ4n) is 1.45. The van der Waals surface area contributed by atoms with Crippen LogP contribution < -0.4 is 11.1 Å². The number of amides is 1. The smallest absolute Gasteiger partial charge is 0.220 e. The summed E-state index contributed by atoms with van der Waals surface area (Å²) >= 11 is 0. The van der Waals surface area contributed by atoms with Crippen LogP contribution in [0.2, 0.25) is 0 Å². The largest absolute Gasteiger partial charge is 0.399 e. The molecule has 0 radical (unpaired) electrons. The van der Waals surface area contributed by atoms with Crippen LogP contribution in [0.25, 0.3) is 0 Å². The number of carbonyl (C=O) groups excluding carboxylic acids is 1. The van der Waals surface area contributed by atoms with Gasteiger partial charge in [-0.3, -0.25) is 4.79 Å². The molecule has 1 aromatic carbocycles. The highest BCUT2D eigenvalue weighted by molar-refractivity contribution is 5.76. The van der Waals surface area contributed by atoms with Crippen molar-refractivity contribution in [2.24, 2.45) is 5.41 Å². The van der Waals surface area contributed by atoms with Crippen LogP contribution in [0.1, 0.15) is 32.8 Å². The van der Waals surface area contributed by atoms with E-state index in [-0.39, 0.29) is 11.3 Å². The van der Waals surface area contributed by atoms with E-state index in [4.69, 9.17) is 5.73 Å². The van der Waals surface area contributed by atoms with Gasteiger partial charge in [0.25, 0.3) is 0 Å². The fourth-order valence-corrected chi connectivity index (χ4v) is 1.45. The Labute approximate surface area is 97.0 Å². The molecule has 0 atom stereocenters. The van der Waals surface area contributed by atoms with Gasteiger partial charge < -0.3 is 11.1 Å². The van der Waals surface area contributed by atoms with Crippen molar-refractivity contribution >= 4 is 11.6 Å². The highest BCUT2D eigenvalue weighted by atomic mass is 16.1. The van der Waals surface area contributed by atoms with Crippen molar-refractivity contribution in [2.75, 3.05) is 5.73 Å². The fraction of sp³-hybridized carbons (Fsp3) is 0.462. The van der Waals surface area contributed by atoms with E-state index in [1.54, 1.807) is 0 Å². The minimum absolute atomic E-state index is 0.0276. The first kappa shape index (κ1) is 12.6. The standard InChI is InChI=1S/C13H20N2O/c1-13(2,3)8-12(16)15-9-10-5-4-6-11(14)7-10/h4-7H,8-9,14H2,1-3H3,(H,15,16). The topological polar surface area (TPSA) is 55.1 Å². The normalized spacial score (nSPS) is 11.2. The molecule has 16 heavy (non-hydrogen) atoms. The van der Waals surface area contributed by atoms with Gasteiger partial charge in [0.2, 0.25) is 5.91 Å². The minimum Gasteiger partial charge on any atom is -0.399 e. The van der Waals surface area contributed by atoms with Gasteiger partial charge in [0.1, 0.15) is 0 Å². The van der Waals surface area contributed by atoms with Gasteiger partial charge in [-0.05, 0) is 23.1 Å². The molecule has 0 heterocycles. The van der Waals surface area contributed by atoms with Crippen molar-refractivity contribution < 1.29 is 4.79 Å². The van der Waals surface area contributed by atoms with Crippen LogP contribution in [-0.4, -0.2) is 5.91 Å². The average molecular weight is 220 g/mol. The van der Waals surface area contributed by atoms with Gasteiger partial charge in [0.15, 0.2) is 0 Å². The molecule has 1 amide bonds. The molecule has 0 bridgehead atoms. The van der Waals surface area contributed by atoms with Gasteiger partial charge in [-0.1, -0.05) is 32.9 Å². The third-order valence-corrected chi connectivity index (χ3v) is 2.13. The van der Waals surface area contributed by atoms with Crippen LogP contribution in [0.4, 0.5) is 5.69 Å². The third kappa shape index (κ3) is 4.82. The van der Waals surface area contributed by atoms with Gasteiger partial charge in [-0.2, -0.15) is 0 Å². The molecule has 0 fully saturated rings. The van der Waals surface area contributed by atoms with Crippen molar-refractivity contribution in [1.82, 2.24) is 5.32 Å². The zero-order valence-electron chi connectivity index (χ0n) is 10.2. The maximum absolute atomic E-state index is 11.6. The number of benzene rings is 1. The molecule has 0 unspecified atom stereocenters. The van der Waals surface area contributed by atoms with Crippen LogP contribution >= 0.6 is 0 Å². The van der Waals surface area contributed by atoms with Crippen LogP contribution in [0.5, 0.6) is 0 Å². The van der Waals surface area contributed by atoms with Gasteiger partial charge in [0.05, 0.1) is 0 Å². The average Bonchev–Trinajstić information content (AvgIpc) is 2.12. The quantitative estimate of drug-likeness (QED) is 0.768. The number of hydrogen-bond acceptors (Lipinski definition) is 2. The number of nitrogens with one attached hydrogen (secondary N) is 1. The van der Waals surface area contributed by atoms with E-state index >= 15 is 0 Å². The Bertz CT molecular complexity index is 366. The zero-order chi connectivity index (χ0) is 12.2. The van der Waals surface area contributed by atoms with E-state index in [0.29, 0.717) is 13.0 Å². The van der Waals surface area contributed by atoms with Crippen LogP contribution in [0.3, 0.4) is 0 Å². The third-order valence-electron chi connectivity index (χ3n) is 2.13. The Morgan fingerprint density at radius 2 is 2.06 bits per heavy atom. The molecule has 0 saturated carbocycles. The monoisotopic (exact) mass is 220 g/mol. The molecule has 0 aliphatic carbocycles. The molecule has 3 N–H and O–H groups in total. The van der Waals surface area contributed by atoms with E-state index < -0.39 is 0 Å². The molecule has 1 aromatic rings. The molecule has 0 spiro atoms. The molecule has 0 saturated heterocycles. The second-order valence-electron chi connectivity index (χ2n) is 5.26. The van der Waals surface area contributed by atoms with E-state index in [1.807, 2.05) is 45.0 Å². The van der Waals surface area contributed by atoms with Gasteiger partial charge in [-0.25, -0.2) is 0 Å². The number of nitrogen functional groups attached to an aromatic ring is 1. The number of carbonyl (C=O) groups is 1. The lowest BCUT2D eigenvalue weighted by Crippen LogP contribution is -2.27. The van der Waals surface area contributed by atoms with Crippen LogP contribution in [0, 0.1) is 5.41 Å². The van der Waals surface area contributed by atoms with Crippen LogP contribution in [-0.2, 0) is 11.3 Å². The highest BCUT2D eigenvalue weighted by Crippen LogP contribution is 2.17. The summed E-state index contributed by atoms with van der Waals surface area (Å²) in [5.74, 6) is 0.0786. The lowest BCUT2D eigenvalue weighted by molar-refractivity contribution is -0.122. The summed E-state index contributed by atoms with van der Waals surface area (Å²) in [6.07, 6.45) is 0.537. The van der Waals surface area contributed by atoms with E-state index in [2.05, 4.69) is 5.32 Å². The number of hydrogen-bond donors (Lipinski definition) is 2. The van der Waals surface area contributed by atoms with Crippen molar-refractivity contribution in [2.45, 2.75) is 33.7 Å². The first-order valence-corrected chi connectivity index (χ1v) is 5.48. The number of nitrogens with two attached hydrogens (primary N) is 1. The summed E-state index contributed by atoms with van der Waals surface area (Å²) in [4.78, 5) is 11.6. The summed E-state index contributed by atoms with van der Waals surface area (Å²) in [5.41, 5.74) is 7.44. The Hall–Kier alpha value is -1.51. The predicted molar refractivity (Wildman–Crippen MR) is 66.8 cm³/mol. The Morgan fingerprint density at radius 1 is 1.38 bits per heavy atom. The number of rotatable bonds is 3. The first-order valence-electron chi connectivity index (χ1n) is 5.48. The predicted octanol–water partition coefficient (Wildman–Crippen LogP) is 2.32. The van der Waals surface area contributed by atoms with Gasteiger partial charge >= 0.3 is 0 Å². The molecular weight excluding hydrogens is 200 g/mol. The first-order chi connectivity index (χ1) is 7.37. The lowest BCUT2D eigenvalue weighted by atomic mass is 9.92. The summed E-state index contributed by atoms with van der Waals surface area (Å²) in [6.45, 7) is 6.69. The molecule has 3 nitrogen and oxygen atoms in total. The summed E-state index contributed by atoms with van der Waals surface area (Å²) in [7, 11) is 0. The van der Waals surface area contributed by atoms with Crippen molar-refractivity contribution in [3.8, 4) is 0 Å². The van der Waals surface area contributed by atoms with Gasteiger partial charge in [-0.15, -0.1) is 0 Å². The second kappa shape index (κ2) is 5.01. The maximum Gasteiger partial charge on any atom is 0.220 e. The SMILES string of the molecule is CC(C)(C)CC(=O)NCc1cccc(N)c1. The summed E-state index contributed by atoms with van der Waals surface area (Å²) in [6, 6.07) is 7.55. The highest BCUT2D eigenvalue weighted by Gasteiger charge is 2.15. The summed E-state index contributed by atoms with van der Waals surface area (Å²) < 4.78 is 0. The number of anilines is 1. The van der Waals surface area contributed by atoms with E-state index in [0.717, 1.165) is 11.3 Å². The van der Waals surface area contributed by atoms with E-state index in [9.17, 15) is 4.79 Å². The Balaban J connectivity index is 2.43. The second-order valence-corrected chi connectivity index (χ2v) is 5.26. The Morgan fingerprint density at radius 3 is 2.62 bits per heavy atom. The molecule has 88 valence electrons. The molecule has 3 heteroatoms. The van der Waals surface area contributed by atoms with Crippen LogP contribution in [0.15, 0.2) is 24.3 Å². The van der Waals surface area contributed by atoms with Crippen molar-refractivity contribution in [3.05, 3.63) is 29.8 Å². The molecule has 0 aliphatic rings. The maximum atomic E-state index is 11.6. The molecule has 0 aliphatic heterocycles. The molecule has 0 aromatic heterocycles. The zero-order valence-corrected chi connectivity index (χ0v) is 10.2. The van der Waals surface area contributed by atoms with Crippen molar-refractivity contribution in [1.29, 1.82) is 0 Å².